The van der Waals surface area contributed by atoms with E-state index in [1.165, 1.54) is 0 Å². The molecule has 0 aliphatic heterocycles. The minimum Gasteiger partial charge on any atom is -0.307 e. The minimum absolute atomic E-state index is 0.425. The highest BCUT2D eigenvalue weighted by molar-refractivity contribution is 5.78. The SMILES string of the molecule is CCN(C)CCCC(=O)CCCN(C)CC. The lowest BCUT2D eigenvalue weighted by Crippen LogP contribution is -2.20. The van der Waals surface area contributed by atoms with Gasteiger partial charge in [-0.3, -0.25) is 4.79 Å². The molecule has 0 amide bonds. The van der Waals surface area contributed by atoms with Crippen LogP contribution in [0.4, 0.5) is 0 Å². The highest BCUT2D eigenvalue weighted by Crippen LogP contribution is 2.01. The van der Waals surface area contributed by atoms with Gasteiger partial charge in [-0.05, 0) is 53.1 Å². The maximum Gasteiger partial charge on any atom is 0.133 e. The first-order valence-electron chi connectivity index (χ1n) is 6.48. The highest BCUT2D eigenvalue weighted by atomic mass is 16.1. The molecule has 0 rings (SSSR count). The quantitative estimate of drug-likeness (QED) is 0.571. The van der Waals surface area contributed by atoms with Crippen LogP contribution in [0.25, 0.3) is 0 Å². The maximum absolute atomic E-state index is 11.5. The third kappa shape index (κ3) is 8.86. The second-order valence-electron chi connectivity index (χ2n) is 4.54. The van der Waals surface area contributed by atoms with Crippen LogP contribution in [0.2, 0.25) is 0 Å². The molecule has 0 spiro atoms. The average Bonchev–Trinajstić information content (AvgIpc) is 2.28. The molecule has 0 atom stereocenters. The molecule has 0 radical (unpaired) electrons. The first kappa shape index (κ1) is 15.6. The second-order valence-corrected chi connectivity index (χ2v) is 4.54. The Kier molecular flexibility index (Phi) is 9.54. The molecule has 3 heteroatoms. The molecule has 0 N–H and O–H groups in total. The third-order valence-corrected chi connectivity index (χ3v) is 3.07. The lowest BCUT2D eigenvalue weighted by molar-refractivity contribution is -0.119. The van der Waals surface area contributed by atoms with Crippen LogP contribution in [0.3, 0.4) is 0 Å². The molecule has 0 unspecified atom stereocenters. The van der Waals surface area contributed by atoms with Crippen molar-refractivity contribution in [3.63, 3.8) is 0 Å². The van der Waals surface area contributed by atoms with E-state index < -0.39 is 0 Å². The van der Waals surface area contributed by atoms with E-state index in [4.69, 9.17) is 0 Å². The Morgan fingerprint density at radius 2 is 1.25 bits per heavy atom. The fourth-order valence-electron chi connectivity index (χ4n) is 1.53. The highest BCUT2D eigenvalue weighted by Gasteiger charge is 2.03. The molecule has 0 bridgehead atoms. The smallest absolute Gasteiger partial charge is 0.133 e. The van der Waals surface area contributed by atoms with Gasteiger partial charge in [0.2, 0.25) is 0 Å². The zero-order valence-corrected chi connectivity index (χ0v) is 11.5. The summed E-state index contributed by atoms with van der Waals surface area (Å²) >= 11 is 0. The van der Waals surface area contributed by atoms with Crippen LogP contribution in [0.15, 0.2) is 0 Å². The van der Waals surface area contributed by atoms with Crippen molar-refractivity contribution in [3.05, 3.63) is 0 Å². The fourth-order valence-corrected chi connectivity index (χ4v) is 1.53. The predicted molar refractivity (Wildman–Crippen MR) is 69.8 cm³/mol. The van der Waals surface area contributed by atoms with Crippen LogP contribution in [0.5, 0.6) is 0 Å². The van der Waals surface area contributed by atoms with E-state index in [2.05, 4.69) is 37.7 Å². The summed E-state index contributed by atoms with van der Waals surface area (Å²) in [5.41, 5.74) is 0. The molecule has 0 heterocycles. The predicted octanol–water partition coefficient (Wildman–Crippen LogP) is 2.02. The van der Waals surface area contributed by atoms with Crippen molar-refractivity contribution in [1.29, 1.82) is 0 Å². The Morgan fingerprint density at radius 1 is 0.875 bits per heavy atom. The van der Waals surface area contributed by atoms with Crippen molar-refractivity contribution >= 4 is 5.78 Å². The molecule has 0 aliphatic rings. The largest absolute Gasteiger partial charge is 0.307 e. The van der Waals surface area contributed by atoms with Crippen molar-refractivity contribution in [3.8, 4) is 0 Å². The maximum atomic E-state index is 11.5. The fraction of sp³-hybridized carbons (Fsp3) is 0.923. The molecule has 0 saturated heterocycles. The van der Waals surface area contributed by atoms with Crippen molar-refractivity contribution in [2.24, 2.45) is 0 Å². The summed E-state index contributed by atoms with van der Waals surface area (Å²) in [6, 6.07) is 0. The number of carbonyl (C=O) groups excluding carboxylic acids is 1. The number of nitrogens with zero attached hydrogens (tertiary/aromatic N) is 2. The van der Waals surface area contributed by atoms with Gasteiger partial charge < -0.3 is 9.80 Å². The third-order valence-electron chi connectivity index (χ3n) is 3.07. The zero-order valence-electron chi connectivity index (χ0n) is 11.5. The molecular formula is C13H28N2O. The van der Waals surface area contributed by atoms with Crippen LogP contribution in [-0.2, 0) is 4.79 Å². The van der Waals surface area contributed by atoms with Gasteiger partial charge in [0.25, 0.3) is 0 Å². The summed E-state index contributed by atoms with van der Waals surface area (Å²) in [5.74, 6) is 0.425. The van der Waals surface area contributed by atoms with E-state index in [-0.39, 0.29) is 0 Å². The van der Waals surface area contributed by atoms with Crippen molar-refractivity contribution in [2.45, 2.75) is 39.5 Å². The summed E-state index contributed by atoms with van der Waals surface area (Å²) in [6.07, 6.45) is 3.51. The van der Waals surface area contributed by atoms with Gasteiger partial charge in [-0.1, -0.05) is 13.8 Å². The first-order valence-corrected chi connectivity index (χ1v) is 6.48. The summed E-state index contributed by atoms with van der Waals surface area (Å²) in [5, 5.41) is 0. The van der Waals surface area contributed by atoms with Crippen LogP contribution in [-0.4, -0.2) is 55.9 Å². The van der Waals surface area contributed by atoms with Crippen LogP contribution >= 0.6 is 0 Å². The summed E-state index contributed by atoms with van der Waals surface area (Å²) < 4.78 is 0. The molecule has 0 aliphatic carbocycles. The molecular weight excluding hydrogens is 200 g/mol. The molecule has 3 nitrogen and oxygen atoms in total. The van der Waals surface area contributed by atoms with E-state index >= 15 is 0 Å². The molecule has 0 aromatic carbocycles. The first-order chi connectivity index (χ1) is 7.60. The normalized spacial score (nSPS) is 11.4. The van der Waals surface area contributed by atoms with Gasteiger partial charge in [0.05, 0.1) is 0 Å². The van der Waals surface area contributed by atoms with Crippen LogP contribution < -0.4 is 0 Å². The van der Waals surface area contributed by atoms with Gasteiger partial charge in [0, 0.05) is 12.8 Å². The summed E-state index contributed by atoms with van der Waals surface area (Å²) in [7, 11) is 4.20. The number of hydrogen-bond donors (Lipinski definition) is 0. The van der Waals surface area contributed by atoms with Gasteiger partial charge in [-0.25, -0.2) is 0 Å². The standard InChI is InChI=1S/C13H28N2O/c1-5-14(3)11-7-9-13(16)10-8-12-15(4)6-2/h5-12H2,1-4H3. The second kappa shape index (κ2) is 9.79. The van der Waals surface area contributed by atoms with Gasteiger partial charge in [0.1, 0.15) is 5.78 Å². The van der Waals surface area contributed by atoms with Crippen molar-refractivity contribution < 1.29 is 4.79 Å². The number of ketones is 1. The number of Topliss-reactive ketones (excluding diaryl/α,β-unsaturated/α-hetero) is 1. The Morgan fingerprint density at radius 3 is 1.56 bits per heavy atom. The molecule has 0 aromatic heterocycles. The van der Waals surface area contributed by atoms with E-state index in [1.54, 1.807) is 0 Å². The lowest BCUT2D eigenvalue weighted by atomic mass is 10.1. The van der Waals surface area contributed by atoms with Crippen molar-refractivity contribution in [1.82, 2.24) is 9.80 Å². The van der Waals surface area contributed by atoms with Crippen LogP contribution in [0, 0.1) is 0 Å². The van der Waals surface area contributed by atoms with Gasteiger partial charge in [0.15, 0.2) is 0 Å². The Bertz CT molecular complexity index is 165. The van der Waals surface area contributed by atoms with E-state index in [0.29, 0.717) is 5.78 Å². The molecule has 0 fully saturated rings. The van der Waals surface area contributed by atoms with E-state index in [9.17, 15) is 4.79 Å². The van der Waals surface area contributed by atoms with Gasteiger partial charge >= 0.3 is 0 Å². The average molecular weight is 228 g/mol. The summed E-state index contributed by atoms with van der Waals surface area (Å²) in [4.78, 5) is 16.0. The minimum atomic E-state index is 0.425. The monoisotopic (exact) mass is 228 g/mol. The Hall–Kier alpha value is -0.410. The molecule has 0 aromatic rings. The number of rotatable bonds is 10. The summed E-state index contributed by atoms with van der Waals surface area (Å²) in [6.45, 7) is 8.49. The molecule has 16 heavy (non-hydrogen) atoms. The van der Waals surface area contributed by atoms with Crippen molar-refractivity contribution in [2.75, 3.05) is 40.3 Å². The Balaban J connectivity index is 3.38. The zero-order chi connectivity index (χ0) is 12.4. The topological polar surface area (TPSA) is 23.6 Å². The number of carbonyl (C=O) groups is 1. The molecule has 0 saturated carbocycles. The Labute approximate surface area is 101 Å². The van der Waals surface area contributed by atoms with E-state index in [0.717, 1.165) is 51.9 Å². The van der Waals surface area contributed by atoms with E-state index in [1.807, 2.05) is 0 Å². The van der Waals surface area contributed by atoms with Gasteiger partial charge in [-0.2, -0.15) is 0 Å². The molecule has 96 valence electrons. The van der Waals surface area contributed by atoms with Gasteiger partial charge in [-0.15, -0.1) is 0 Å². The number of hydrogen-bond acceptors (Lipinski definition) is 3. The lowest BCUT2D eigenvalue weighted by Gasteiger charge is -2.14. The van der Waals surface area contributed by atoms with Crippen LogP contribution in [0.1, 0.15) is 39.5 Å².